The second-order valence-corrected chi connectivity index (χ2v) is 6.88. The Balaban J connectivity index is 1.93. The Morgan fingerprint density at radius 2 is 1.61 bits per heavy atom. The molecule has 0 heterocycles. The molecular formula is C25H22N2O6. The number of esters is 1. The van der Waals surface area contributed by atoms with Crippen molar-refractivity contribution in [2.45, 2.75) is 6.92 Å². The van der Waals surface area contributed by atoms with Crippen molar-refractivity contribution in [2.24, 2.45) is 0 Å². The first kappa shape index (κ1) is 23.1. The van der Waals surface area contributed by atoms with Crippen LogP contribution >= 0.6 is 0 Å². The molecule has 0 aliphatic rings. The van der Waals surface area contributed by atoms with Crippen molar-refractivity contribution in [2.75, 3.05) is 12.4 Å². The van der Waals surface area contributed by atoms with Crippen molar-refractivity contribution < 1.29 is 29.0 Å². The van der Waals surface area contributed by atoms with Gasteiger partial charge >= 0.3 is 5.97 Å². The number of benzene rings is 3. The number of hydrogen-bond donors (Lipinski definition) is 3. The first-order valence-corrected chi connectivity index (χ1v) is 9.90. The van der Waals surface area contributed by atoms with Gasteiger partial charge in [0.05, 0.1) is 7.11 Å². The third-order valence-electron chi connectivity index (χ3n) is 4.41. The van der Waals surface area contributed by atoms with E-state index in [2.05, 4.69) is 10.6 Å². The van der Waals surface area contributed by atoms with Gasteiger partial charge in [-0.1, -0.05) is 24.3 Å². The number of anilines is 1. The van der Waals surface area contributed by atoms with Gasteiger partial charge in [0, 0.05) is 18.2 Å². The van der Waals surface area contributed by atoms with E-state index in [-0.39, 0.29) is 22.9 Å². The molecule has 0 radical (unpaired) electrons. The number of amides is 2. The zero-order valence-corrected chi connectivity index (χ0v) is 18.0. The molecule has 3 rings (SSSR count). The number of methoxy groups -OCH3 is 1. The molecule has 3 aromatic carbocycles. The normalized spacial score (nSPS) is 10.8. The molecule has 0 saturated heterocycles. The van der Waals surface area contributed by atoms with Crippen molar-refractivity contribution in [3.05, 3.63) is 89.6 Å². The Morgan fingerprint density at radius 1 is 0.909 bits per heavy atom. The average Bonchev–Trinajstić information content (AvgIpc) is 2.81. The highest BCUT2D eigenvalue weighted by Crippen LogP contribution is 2.29. The Labute approximate surface area is 190 Å². The molecule has 0 aliphatic heterocycles. The molecule has 0 saturated carbocycles. The minimum Gasteiger partial charge on any atom is -0.508 e. The summed E-state index contributed by atoms with van der Waals surface area (Å²) in [4.78, 5) is 37.0. The molecule has 3 N–H and O–H groups in total. The lowest BCUT2D eigenvalue weighted by Crippen LogP contribution is -2.30. The Bertz CT molecular complexity index is 1190. The molecular weight excluding hydrogens is 424 g/mol. The van der Waals surface area contributed by atoms with Crippen LogP contribution in [0.3, 0.4) is 0 Å². The van der Waals surface area contributed by atoms with Crippen LogP contribution < -0.4 is 20.1 Å². The van der Waals surface area contributed by atoms with Crippen molar-refractivity contribution in [3.8, 4) is 17.2 Å². The predicted octanol–water partition coefficient (Wildman–Crippen LogP) is 3.74. The molecule has 0 unspecified atom stereocenters. The molecule has 0 aliphatic carbocycles. The van der Waals surface area contributed by atoms with E-state index in [0.717, 1.165) is 0 Å². The van der Waals surface area contributed by atoms with Crippen LogP contribution in [0.25, 0.3) is 6.08 Å². The summed E-state index contributed by atoms with van der Waals surface area (Å²) in [7, 11) is 1.42. The maximum atomic E-state index is 13.0. The topological polar surface area (TPSA) is 114 Å². The third kappa shape index (κ3) is 6.44. The number of nitrogens with one attached hydrogen (secondary N) is 2. The fourth-order valence-corrected chi connectivity index (χ4v) is 2.87. The lowest BCUT2D eigenvalue weighted by Gasteiger charge is -2.12. The molecule has 8 nitrogen and oxygen atoms in total. The summed E-state index contributed by atoms with van der Waals surface area (Å²) in [6, 6.07) is 19.1. The van der Waals surface area contributed by atoms with E-state index in [1.54, 1.807) is 42.5 Å². The molecule has 2 amide bonds. The van der Waals surface area contributed by atoms with Gasteiger partial charge in [0.1, 0.15) is 11.4 Å². The molecule has 0 aromatic heterocycles. The second kappa shape index (κ2) is 10.6. The van der Waals surface area contributed by atoms with Gasteiger partial charge in [-0.3, -0.25) is 14.4 Å². The molecule has 8 heteroatoms. The van der Waals surface area contributed by atoms with Crippen molar-refractivity contribution >= 4 is 29.5 Å². The number of carbonyl (C=O) groups excluding carboxylic acids is 3. The van der Waals surface area contributed by atoms with Crippen LogP contribution in [0.4, 0.5) is 5.69 Å². The summed E-state index contributed by atoms with van der Waals surface area (Å²) in [5.41, 5.74) is 1.30. The Morgan fingerprint density at radius 3 is 2.24 bits per heavy atom. The van der Waals surface area contributed by atoms with E-state index in [0.29, 0.717) is 16.8 Å². The highest BCUT2D eigenvalue weighted by atomic mass is 16.6. The smallest absolute Gasteiger partial charge is 0.308 e. The van der Waals surface area contributed by atoms with Gasteiger partial charge in [-0.2, -0.15) is 0 Å². The zero-order chi connectivity index (χ0) is 23.8. The zero-order valence-electron chi connectivity index (χ0n) is 18.0. The number of aromatic hydroxyl groups is 1. The van der Waals surface area contributed by atoms with E-state index in [4.69, 9.17) is 9.47 Å². The summed E-state index contributed by atoms with van der Waals surface area (Å²) in [5, 5.41) is 14.8. The quantitative estimate of drug-likeness (QED) is 0.221. The number of ether oxygens (including phenoxy) is 2. The maximum Gasteiger partial charge on any atom is 0.308 e. The van der Waals surface area contributed by atoms with Crippen LogP contribution in [0.5, 0.6) is 17.2 Å². The van der Waals surface area contributed by atoms with E-state index in [1.807, 2.05) is 0 Å². The summed E-state index contributed by atoms with van der Waals surface area (Å²) >= 11 is 0. The van der Waals surface area contributed by atoms with Gasteiger partial charge in [-0.05, 0) is 60.2 Å². The summed E-state index contributed by atoms with van der Waals surface area (Å²) in [6.07, 6.45) is 1.47. The Kier molecular flexibility index (Phi) is 7.43. The average molecular weight is 446 g/mol. The number of phenols is 1. The number of hydrogen-bond acceptors (Lipinski definition) is 6. The first-order chi connectivity index (χ1) is 15.9. The predicted molar refractivity (Wildman–Crippen MR) is 123 cm³/mol. The number of phenolic OH excluding ortho intramolecular Hbond substituents is 1. The SMILES string of the molecule is COc1cc(C=C(NC(=O)c2ccccc2)C(=O)Nc2ccc(O)cc2)ccc1OC(C)=O. The number of carbonyl (C=O) groups is 3. The lowest BCUT2D eigenvalue weighted by atomic mass is 10.1. The van der Waals surface area contributed by atoms with E-state index >= 15 is 0 Å². The first-order valence-electron chi connectivity index (χ1n) is 9.90. The molecule has 0 atom stereocenters. The van der Waals surface area contributed by atoms with Gasteiger partial charge in [0.2, 0.25) is 0 Å². The van der Waals surface area contributed by atoms with Crippen LogP contribution in [0.2, 0.25) is 0 Å². The molecule has 168 valence electrons. The highest BCUT2D eigenvalue weighted by molar-refractivity contribution is 6.10. The van der Waals surface area contributed by atoms with Crippen LogP contribution in [-0.4, -0.2) is 30.0 Å². The summed E-state index contributed by atoms with van der Waals surface area (Å²) in [5.74, 6) is -0.974. The molecule has 33 heavy (non-hydrogen) atoms. The highest BCUT2D eigenvalue weighted by Gasteiger charge is 2.16. The molecule has 0 spiro atoms. The maximum absolute atomic E-state index is 13.0. The second-order valence-electron chi connectivity index (χ2n) is 6.88. The third-order valence-corrected chi connectivity index (χ3v) is 4.41. The van der Waals surface area contributed by atoms with Gasteiger partial charge < -0.3 is 25.2 Å². The largest absolute Gasteiger partial charge is 0.508 e. The fraction of sp³-hybridized carbons (Fsp3) is 0.0800. The van der Waals surface area contributed by atoms with Crippen molar-refractivity contribution in [3.63, 3.8) is 0 Å². The van der Waals surface area contributed by atoms with Crippen molar-refractivity contribution in [1.82, 2.24) is 5.32 Å². The molecule has 0 bridgehead atoms. The van der Waals surface area contributed by atoms with E-state index < -0.39 is 17.8 Å². The fourth-order valence-electron chi connectivity index (χ4n) is 2.87. The minimum absolute atomic E-state index is 0.0285. The number of rotatable bonds is 7. The molecule has 3 aromatic rings. The van der Waals surface area contributed by atoms with Gasteiger partial charge in [0.15, 0.2) is 11.5 Å². The Hall–Kier alpha value is -4.59. The summed E-state index contributed by atoms with van der Waals surface area (Å²) in [6.45, 7) is 1.28. The van der Waals surface area contributed by atoms with Crippen LogP contribution in [0.15, 0.2) is 78.5 Å². The van der Waals surface area contributed by atoms with Crippen LogP contribution in [0, 0.1) is 0 Å². The van der Waals surface area contributed by atoms with Crippen LogP contribution in [0.1, 0.15) is 22.8 Å². The van der Waals surface area contributed by atoms with E-state index in [9.17, 15) is 19.5 Å². The summed E-state index contributed by atoms with van der Waals surface area (Å²) < 4.78 is 10.4. The van der Waals surface area contributed by atoms with Gasteiger partial charge in [-0.15, -0.1) is 0 Å². The monoisotopic (exact) mass is 446 g/mol. The van der Waals surface area contributed by atoms with E-state index in [1.165, 1.54) is 50.4 Å². The standard InChI is InChI=1S/C25H22N2O6/c1-16(28)33-22-13-8-17(15-23(22)32-2)14-21(27-24(30)18-6-4-3-5-7-18)25(31)26-19-9-11-20(29)12-10-19/h3-15,29H,1-2H3,(H,26,31)(H,27,30). The minimum atomic E-state index is -0.576. The van der Waals surface area contributed by atoms with Gasteiger partial charge in [0.25, 0.3) is 11.8 Å². The van der Waals surface area contributed by atoms with Gasteiger partial charge in [-0.25, -0.2) is 0 Å². The van der Waals surface area contributed by atoms with Crippen LogP contribution in [-0.2, 0) is 9.59 Å². The van der Waals surface area contributed by atoms with Crippen molar-refractivity contribution in [1.29, 1.82) is 0 Å². The molecule has 0 fully saturated rings. The lowest BCUT2D eigenvalue weighted by molar-refractivity contribution is -0.132.